The molecule has 2 heterocycles. The average Bonchev–Trinajstić information content (AvgIpc) is 3.02. The lowest BCUT2D eigenvalue weighted by molar-refractivity contribution is 0.298. The van der Waals surface area contributed by atoms with Crippen LogP contribution in [0, 0.1) is 5.92 Å². The van der Waals surface area contributed by atoms with Gasteiger partial charge in [-0.15, -0.1) is 0 Å². The molecule has 1 aromatic carbocycles. The van der Waals surface area contributed by atoms with Crippen LogP contribution in [-0.2, 0) is 11.2 Å². The Balaban J connectivity index is 1.66. The van der Waals surface area contributed by atoms with Gasteiger partial charge in [-0.3, -0.25) is 0 Å². The van der Waals surface area contributed by atoms with E-state index in [0.717, 1.165) is 42.9 Å². The zero-order chi connectivity index (χ0) is 12.4. The highest BCUT2D eigenvalue weighted by Crippen LogP contribution is 2.22. The monoisotopic (exact) mass is 308 g/mol. The van der Waals surface area contributed by atoms with E-state index in [-0.39, 0.29) is 6.04 Å². The first kappa shape index (κ1) is 12.2. The molecule has 0 aromatic heterocycles. The van der Waals surface area contributed by atoms with Gasteiger partial charge in [0.15, 0.2) is 5.90 Å². The average molecular weight is 309 g/mol. The summed E-state index contributed by atoms with van der Waals surface area (Å²) in [4.78, 5) is 4.74. The molecule has 0 radical (unpaired) electrons. The van der Waals surface area contributed by atoms with Crippen molar-refractivity contribution in [2.45, 2.75) is 18.9 Å². The number of nitrogens with one attached hydrogen (secondary N) is 1. The number of hydrogen-bond acceptors (Lipinski definition) is 3. The third-order valence-corrected chi connectivity index (χ3v) is 4.33. The number of rotatable bonds is 3. The third-order valence-electron chi connectivity index (χ3n) is 3.56. The van der Waals surface area contributed by atoms with Gasteiger partial charge in [-0.1, -0.05) is 34.1 Å². The summed E-state index contributed by atoms with van der Waals surface area (Å²) in [5.41, 5.74) is 1.31. The van der Waals surface area contributed by atoms with Crippen LogP contribution in [-0.4, -0.2) is 31.6 Å². The maximum absolute atomic E-state index is 5.76. The first-order valence-electron chi connectivity index (χ1n) is 6.47. The van der Waals surface area contributed by atoms with Gasteiger partial charge in [0.25, 0.3) is 0 Å². The van der Waals surface area contributed by atoms with Crippen molar-refractivity contribution < 1.29 is 4.74 Å². The third kappa shape index (κ3) is 2.59. The van der Waals surface area contributed by atoms with Crippen molar-refractivity contribution in [2.24, 2.45) is 10.9 Å². The van der Waals surface area contributed by atoms with Crippen LogP contribution in [0.5, 0.6) is 0 Å². The van der Waals surface area contributed by atoms with Gasteiger partial charge in [0, 0.05) is 16.9 Å². The Hall–Kier alpha value is -0.870. The molecule has 0 bridgehead atoms. The molecule has 2 atom stereocenters. The Bertz CT molecular complexity index is 455. The minimum atomic E-state index is 0.277. The van der Waals surface area contributed by atoms with Crippen molar-refractivity contribution in [3.8, 4) is 0 Å². The second-order valence-electron chi connectivity index (χ2n) is 4.92. The fourth-order valence-electron chi connectivity index (χ4n) is 2.55. The van der Waals surface area contributed by atoms with E-state index in [1.54, 1.807) is 0 Å². The molecule has 4 heteroatoms. The minimum Gasteiger partial charge on any atom is -0.478 e. The van der Waals surface area contributed by atoms with Crippen LogP contribution in [0.1, 0.15) is 12.0 Å². The highest BCUT2D eigenvalue weighted by Gasteiger charge is 2.28. The van der Waals surface area contributed by atoms with Crippen LogP contribution < -0.4 is 5.32 Å². The van der Waals surface area contributed by atoms with Gasteiger partial charge in [-0.05, 0) is 31.0 Å². The van der Waals surface area contributed by atoms with Crippen molar-refractivity contribution in [3.05, 3.63) is 34.3 Å². The number of benzene rings is 1. The Labute approximate surface area is 116 Å². The summed E-state index contributed by atoms with van der Waals surface area (Å²) in [5.74, 6) is 1.46. The summed E-state index contributed by atoms with van der Waals surface area (Å²) in [6, 6.07) is 8.61. The molecule has 1 fully saturated rings. The SMILES string of the molecule is Brc1ccccc1CC1COC(C2CCNC2)=N1. The Morgan fingerprint density at radius 3 is 3.06 bits per heavy atom. The van der Waals surface area contributed by atoms with E-state index in [9.17, 15) is 0 Å². The molecule has 0 spiro atoms. The molecule has 96 valence electrons. The zero-order valence-electron chi connectivity index (χ0n) is 10.2. The smallest absolute Gasteiger partial charge is 0.188 e. The van der Waals surface area contributed by atoms with Crippen molar-refractivity contribution in [3.63, 3.8) is 0 Å². The summed E-state index contributed by atoms with van der Waals surface area (Å²) < 4.78 is 6.92. The minimum absolute atomic E-state index is 0.277. The van der Waals surface area contributed by atoms with Gasteiger partial charge in [0.2, 0.25) is 0 Å². The molecule has 1 N–H and O–H groups in total. The number of nitrogens with zero attached hydrogens (tertiary/aromatic N) is 1. The lowest BCUT2D eigenvalue weighted by Crippen LogP contribution is -2.17. The molecule has 2 aliphatic heterocycles. The van der Waals surface area contributed by atoms with E-state index in [0.29, 0.717) is 5.92 Å². The second kappa shape index (κ2) is 5.41. The standard InChI is InChI=1S/C14H17BrN2O/c15-13-4-2-1-3-10(13)7-12-9-18-14(17-12)11-5-6-16-8-11/h1-4,11-12,16H,5-9H2. The van der Waals surface area contributed by atoms with Gasteiger partial charge in [-0.2, -0.15) is 0 Å². The molecule has 2 aliphatic rings. The van der Waals surface area contributed by atoms with Crippen molar-refractivity contribution in [2.75, 3.05) is 19.7 Å². The van der Waals surface area contributed by atoms with Gasteiger partial charge in [0.05, 0.1) is 6.04 Å². The number of ether oxygens (including phenoxy) is 1. The Kier molecular flexibility index (Phi) is 3.66. The fourth-order valence-corrected chi connectivity index (χ4v) is 2.99. The lowest BCUT2D eigenvalue weighted by Gasteiger charge is -2.06. The van der Waals surface area contributed by atoms with Crippen molar-refractivity contribution >= 4 is 21.8 Å². The Morgan fingerprint density at radius 1 is 1.39 bits per heavy atom. The molecule has 1 aromatic rings. The quantitative estimate of drug-likeness (QED) is 0.930. The van der Waals surface area contributed by atoms with Crippen LogP contribution in [0.4, 0.5) is 0 Å². The normalized spacial score (nSPS) is 27.1. The van der Waals surface area contributed by atoms with Crippen molar-refractivity contribution in [1.29, 1.82) is 0 Å². The van der Waals surface area contributed by atoms with Crippen molar-refractivity contribution in [1.82, 2.24) is 5.32 Å². The molecular formula is C14H17BrN2O. The summed E-state index contributed by atoms with van der Waals surface area (Å²) in [6.45, 7) is 2.83. The van der Waals surface area contributed by atoms with Crippen LogP contribution in [0.3, 0.4) is 0 Å². The predicted molar refractivity (Wildman–Crippen MR) is 76.0 cm³/mol. The molecule has 1 saturated heterocycles. The topological polar surface area (TPSA) is 33.6 Å². The van der Waals surface area contributed by atoms with Gasteiger partial charge >= 0.3 is 0 Å². The summed E-state index contributed by atoms with van der Waals surface area (Å²) >= 11 is 3.59. The maximum atomic E-state index is 5.76. The van der Waals surface area contributed by atoms with Crippen LogP contribution in [0.15, 0.2) is 33.7 Å². The molecule has 3 rings (SSSR count). The number of halogens is 1. The first-order chi connectivity index (χ1) is 8.83. The Morgan fingerprint density at radius 2 is 2.28 bits per heavy atom. The number of hydrogen-bond donors (Lipinski definition) is 1. The molecule has 0 saturated carbocycles. The van der Waals surface area contributed by atoms with Gasteiger partial charge < -0.3 is 10.1 Å². The summed E-state index contributed by atoms with van der Waals surface area (Å²) in [6.07, 6.45) is 2.10. The van der Waals surface area contributed by atoms with Crippen LogP contribution >= 0.6 is 15.9 Å². The molecule has 2 unspecified atom stereocenters. The van der Waals surface area contributed by atoms with E-state index in [1.807, 2.05) is 6.07 Å². The fraction of sp³-hybridized carbons (Fsp3) is 0.500. The van der Waals surface area contributed by atoms with E-state index in [4.69, 9.17) is 9.73 Å². The van der Waals surface area contributed by atoms with Gasteiger partial charge in [-0.25, -0.2) is 4.99 Å². The number of aliphatic imine (C=N–C) groups is 1. The maximum Gasteiger partial charge on any atom is 0.188 e. The molecule has 3 nitrogen and oxygen atoms in total. The molecule has 0 aliphatic carbocycles. The lowest BCUT2D eigenvalue weighted by atomic mass is 10.1. The first-order valence-corrected chi connectivity index (χ1v) is 7.27. The van der Waals surface area contributed by atoms with E-state index in [2.05, 4.69) is 39.4 Å². The zero-order valence-corrected chi connectivity index (χ0v) is 11.8. The summed E-state index contributed by atoms with van der Waals surface area (Å²) in [5, 5.41) is 3.35. The summed E-state index contributed by atoms with van der Waals surface area (Å²) in [7, 11) is 0. The molecule has 18 heavy (non-hydrogen) atoms. The van der Waals surface area contributed by atoms with E-state index < -0.39 is 0 Å². The van der Waals surface area contributed by atoms with Crippen LogP contribution in [0.25, 0.3) is 0 Å². The van der Waals surface area contributed by atoms with E-state index >= 15 is 0 Å². The second-order valence-corrected chi connectivity index (χ2v) is 5.77. The predicted octanol–water partition coefficient (Wildman–Crippen LogP) is 2.40. The van der Waals surface area contributed by atoms with E-state index in [1.165, 1.54) is 5.56 Å². The molecule has 0 amide bonds. The molecular weight excluding hydrogens is 292 g/mol. The highest BCUT2D eigenvalue weighted by atomic mass is 79.9. The highest BCUT2D eigenvalue weighted by molar-refractivity contribution is 9.10. The largest absolute Gasteiger partial charge is 0.478 e. The van der Waals surface area contributed by atoms with Gasteiger partial charge in [0.1, 0.15) is 6.61 Å². The van der Waals surface area contributed by atoms with Crippen LogP contribution in [0.2, 0.25) is 0 Å².